The third-order valence-electron chi connectivity index (χ3n) is 4.36. The summed E-state index contributed by atoms with van der Waals surface area (Å²) in [6.45, 7) is 2.26. The molecular weight excluding hydrogens is 323 g/mol. The summed E-state index contributed by atoms with van der Waals surface area (Å²) in [6.07, 6.45) is 1.30. The average Bonchev–Trinajstić information content (AvgIpc) is 3.03. The van der Waals surface area contributed by atoms with Gasteiger partial charge in [-0.2, -0.15) is 5.26 Å². The van der Waals surface area contributed by atoms with Crippen LogP contribution >= 0.6 is 0 Å². The van der Waals surface area contributed by atoms with Crippen molar-refractivity contribution in [2.24, 2.45) is 0 Å². The summed E-state index contributed by atoms with van der Waals surface area (Å²) in [5.74, 6) is 2.14. The van der Waals surface area contributed by atoms with Crippen molar-refractivity contribution in [3.8, 4) is 29.1 Å². The van der Waals surface area contributed by atoms with E-state index in [1.165, 1.54) is 12.1 Å². The molecule has 6 heteroatoms. The first-order valence-electron chi connectivity index (χ1n) is 8.21. The minimum Gasteiger partial charge on any atom is -0.456 e. The number of hydrogen-bond acceptors (Lipinski definition) is 5. The van der Waals surface area contributed by atoms with Crippen molar-refractivity contribution in [3.05, 3.63) is 47.3 Å². The van der Waals surface area contributed by atoms with Gasteiger partial charge in [-0.25, -0.2) is 4.39 Å². The lowest BCUT2D eigenvalue weighted by atomic mass is 10.1. The molecule has 2 aliphatic heterocycles. The summed E-state index contributed by atoms with van der Waals surface area (Å²) in [5.41, 5.74) is 1.87. The van der Waals surface area contributed by atoms with Gasteiger partial charge in [-0.15, -0.1) is 0 Å². The van der Waals surface area contributed by atoms with E-state index in [4.69, 9.17) is 19.5 Å². The van der Waals surface area contributed by atoms with Gasteiger partial charge in [0.2, 0.25) is 6.79 Å². The first-order chi connectivity index (χ1) is 12.2. The van der Waals surface area contributed by atoms with Gasteiger partial charge in [0.15, 0.2) is 11.5 Å². The second kappa shape index (κ2) is 6.61. The molecule has 0 aromatic heterocycles. The standard InChI is InChI=1S/C19H17FN2O3/c20-15-4-3-13-10-22(6-2-1-5-21)11-14-7-18-19(24-12-23-18)9-17(14)25-16(13)8-15/h3-4,7-9H,1-2,6,10-12H2. The number of ether oxygens (including phenoxy) is 3. The van der Waals surface area contributed by atoms with Crippen molar-refractivity contribution in [1.82, 2.24) is 4.90 Å². The summed E-state index contributed by atoms with van der Waals surface area (Å²) >= 11 is 0. The molecule has 2 heterocycles. The van der Waals surface area contributed by atoms with Gasteiger partial charge < -0.3 is 14.2 Å². The first kappa shape index (κ1) is 15.7. The molecule has 0 amide bonds. The molecule has 2 aromatic rings. The maximum atomic E-state index is 13.7. The fourth-order valence-electron chi connectivity index (χ4n) is 3.13. The SMILES string of the molecule is N#CCCCN1Cc2ccc(F)cc2Oc2cc3c(cc2C1)OCO3. The van der Waals surface area contributed by atoms with Crippen LogP contribution < -0.4 is 14.2 Å². The smallest absolute Gasteiger partial charge is 0.231 e. The lowest BCUT2D eigenvalue weighted by molar-refractivity contribution is 0.174. The third-order valence-corrected chi connectivity index (χ3v) is 4.36. The highest BCUT2D eigenvalue weighted by Gasteiger charge is 2.23. The summed E-state index contributed by atoms with van der Waals surface area (Å²) in [4.78, 5) is 2.23. The molecule has 0 saturated carbocycles. The Morgan fingerprint density at radius 1 is 1.00 bits per heavy atom. The van der Waals surface area contributed by atoms with E-state index in [1.54, 1.807) is 12.1 Å². The minimum atomic E-state index is -0.336. The first-order valence-corrected chi connectivity index (χ1v) is 8.21. The zero-order chi connectivity index (χ0) is 17.2. The Hall–Kier alpha value is -2.78. The number of rotatable bonds is 3. The molecule has 4 rings (SSSR count). The Morgan fingerprint density at radius 3 is 2.60 bits per heavy atom. The molecule has 0 N–H and O–H groups in total. The maximum absolute atomic E-state index is 13.7. The minimum absolute atomic E-state index is 0.190. The number of nitrogens with zero attached hydrogens (tertiary/aromatic N) is 2. The Morgan fingerprint density at radius 2 is 1.76 bits per heavy atom. The average molecular weight is 340 g/mol. The van der Waals surface area contributed by atoms with Crippen LogP contribution in [-0.2, 0) is 13.1 Å². The zero-order valence-electron chi connectivity index (χ0n) is 13.6. The highest BCUT2D eigenvalue weighted by atomic mass is 19.1. The van der Waals surface area contributed by atoms with E-state index in [2.05, 4.69) is 11.0 Å². The van der Waals surface area contributed by atoms with Gasteiger partial charge in [-0.05, 0) is 25.1 Å². The van der Waals surface area contributed by atoms with Crippen LogP contribution in [0.5, 0.6) is 23.0 Å². The molecule has 0 radical (unpaired) electrons. The number of benzene rings is 2. The molecule has 2 aromatic carbocycles. The fourth-order valence-corrected chi connectivity index (χ4v) is 3.13. The van der Waals surface area contributed by atoms with Crippen molar-refractivity contribution in [2.45, 2.75) is 25.9 Å². The Bertz CT molecular complexity index is 847. The zero-order valence-corrected chi connectivity index (χ0v) is 13.6. The second-order valence-electron chi connectivity index (χ2n) is 6.14. The van der Waals surface area contributed by atoms with Gasteiger partial charge >= 0.3 is 0 Å². The van der Waals surface area contributed by atoms with Crippen LogP contribution in [0.3, 0.4) is 0 Å². The van der Waals surface area contributed by atoms with Crippen LogP contribution in [0.1, 0.15) is 24.0 Å². The molecule has 0 saturated heterocycles. The Kier molecular flexibility index (Phi) is 4.16. The van der Waals surface area contributed by atoms with E-state index in [-0.39, 0.29) is 12.6 Å². The highest BCUT2D eigenvalue weighted by Crippen LogP contribution is 2.42. The van der Waals surface area contributed by atoms with Crippen molar-refractivity contribution in [3.63, 3.8) is 0 Å². The van der Waals surface area contributed by atoms with Crippen molar-refractivity contribution in [1.29, 1.82) is 5.26 Å². The summed E-state index contributed by atoms with van der Waals surface area (Å²) < 4.78 is 30.6. The molecule has 0 unspecified atom stereocenters. The topological polar surface area (TPSA) is 54.7 Å². The molecule has 25 heavy (non-hydrogen) atoms. The van der Waals surface area contributed by atoms with Gasteiger partial charge in [-0.3, -0.25) is 4.90 Å². The third kappa shape index (κ3) is 3.24. The van der Waals surface area contributed by atoms with E-state index in [0.29, 0.717) is 42.5 Å². The molecule has 0 aliphatic carbocycles. The van der Waals surface area contributed by atoms with E-state index in [1.807, 2.05) is 6.07 Å². The van der Waals surface area contributed by atoms with Crippen LogP contribution in [0.15, 0.2) is 30.3 Å². The Labute approximate surface area is 145 Å². The van der Waals surface area contributed by atoms with Crippen molar-refractivity contribution < 1.29 is 18.6 Å². The highest BCUT2D eigenvalue weighted by molar-refractivity contribution is 5.54. The van der Waals surface area contributed by atoms with Crippen LogP contribution in [0.4, 0.5) is 4.39 Å². The number of halogens is 1. The van der Waals surface area contributed by atoms with Crippen LogP contribution in [-0.4, -0.2) is 18.2 Å². The number of unbranched alkanes of at least 4 members (excludes halogenated alkanes) is 1. The van der Waals surface area contributed by atoms with Crippen LogP contribution in [0.25, 0.3) is 0 Å². The molecule has 0 bridgehead atoms. The normalized spacial score (nSPS) is 15.4. The van der Waals surface area contributed by atoms with E-state index in [9.17, 15) is 4.39 Å². The fraction of sp³-hybridized carbons (Fsp3) is 0.316. The van der Waals surface area contributed by atoms with E-state index < -0.39 is 0 Å². The molecular formula is C19H17FN2O3. The largest absolute Gasteiger partial charge is 0.456 e. The van der Waals surface area contributed by atoms with E-state index >= 15 is 0 Å². The molecule has 5 nitrogen and oxygen atoms in total. The summed E-state index contributed by atoms with van der Waals surface area (Å²) in [7, 11) is 0. The lowest BCUT2D eigenvalue weighted by Crippen LogP contribution is -2.25. The predicted octanol–water partition coefficient (Wildman–Crippen LogP) is 3.97. The van der Waals surface area contributed by atoms with Gasteiger partial charge in [0.1, 0.15) is 17.3 Å². The molecule has 2 aliphatic rings. The van der Waals surface area contributed by atoms with Gasteiger partial charge in [0, 0.05) is 42.8 Å². The summed E-state index contributed by atoms with van der Waals surface area (Å²) in [6, 6.07) is 10.5. The second-order valence-corrected chi connectivity index (χ2v) is 6.14. The van der Waals surface area contributed by atoms with Gasteiger partial charge in [-0.1, -0.05) is 6.07 Å². The monoisotopic (exact) mass is 340 g/mol. The summed E-state index contributed by atoms with van der Waals surface area (Å²) in [5, 5.41) is 8.79. The van der Waals surface area contributed by atoms with Gasteiger partial charge in [0.25, 0.3) is 0 Å². The van der Waals surface area contributed by atoms with Gasteiger partial charge in [0.05, 0.1) is 6.07 Å². The molecule has 0 fully saturated rings. The number of fused-ring (bicyclic) bond motifs is 3. The quantitative estimate of drug-likeness (QED) is 0.792. The molecule has 0 spiro atoms. The molecule has 0 atom stereocenters. The maximum Gasteiger partial charge on any atom is 0.231 e. The van der Waals surface area contributed by atoms with E-state index in [0.717, 1.165) is 24.1 Å². The van der Waals surface area contributed by atoms with Crippen molar-refractivity contribution >= 4 is 0 Å². The van der Waals surface area contributed by atoms with Crippen molar-refractivity contribution in [2.75, 3.05) is 13.3 Å². The van der Waals surface area contributed by atoms with Crippen LogP contribution in [0, 0.1) is 17.1 Å². The number of nitriles is 1. The Balaban J connectivity index is 1.72. The predicted molar refractivity (Wildman–Crippen MR) is 88.0 cm³/mol. The lowest BCUT2D eigenvalue weighted by Gasteiger charge is -2.27. The molecule has 128 valence electrons. The van der Waals surface area contributed by atoms with Crippen LogP contribution in [0.2, 0.25) is 0 Å². The number of hydrogen-bond donors (Lipinski definition) is 0.